The van der Waals surface area contributed by atoms with Gasteiger partial charge in [-0.25, -0.2) is 0 Å². The van der Waals surface area contributed by atoms with Gasteiger partial charge in [-0.05, 0) is 117 Å². The highest BCUT2D eigenvalue weighted by atomic mass is 32.1. The fraction of sp³-hybridized carbons (Fsp3) is 0.793. The van der Waals surface area contributed by atoms with Gasteiger partial charge in [0, 0.05) is 12.0 Å². The molecule has 1 aromatic heterocycles. The predicted octanol–water partition coefficient (Wildman–Crippen LogP) is 5.49. The minimum Gasteiger partial charge on any atom is -0.389 e. The van der Waals surface area contributed by atoms with Crippen LogP contribution in [0.1, 0.15) is 83.6 Å². The molecule has 2 N–H and O–H groups in total. The number of fused-ring (bicyclic) bond motifs is 5. The van der Waals surface area contributed by atoms with Gasteiger partial charge in [-0.1, -0.05) is 25.5 Å². The molecular formula is C29H43NO3S. The molecule has 3 saturated carbocycles. The first-order valence-electron chi connectivity index (χ1n) is 13.8. The van der Waals surface area contributed by atoms with Crippen molar-refractivity contribution < 1.29 is 14.9 Å². The molecule has 0 unspecified atom stereocenters. The largest absolute Gasteiger partial charge is 0.389 e. The van der Waals surface area contributed by atoms with Crippen molar-refractivity contribution in [3.05, 3.63) is 34.0 Å². The summed E-state index contributed by atoms with van der Waals surface area (Å²) < 4.78 is 6.35. The van der Waals surface area contributed by atoms with Crippen LogP contribution in [0.5, 0.6) is 0 Å². The topological polar surface area (TPSA) is 52.9 Å². The summed E-state index contributed by atoms with van der Waals surface area (Å²) in [5, 5.41) is 28.5. The number of aliphatic hydroxyl groups is 2. The van der Waals surface area contributed by atoms with Crippen LogP contribution < -0.4 is 0 Å². The molecule has 0 amide bonds. The number of likely N-dealkylation sites (tertiary alicyclic amines) is 1. The van der Waals surface area contributed by atoms with Crippen molar-refractivity contribution in [2.45, 2.75) is 95.4 Å². The zero-order chi connectivity index (χ0) is 23.6. The Morgan fingerprint density at radius 1 is 1.03 bits per heavy atom. The van der Waals surface area contributed by atoms with Crippen molar-refractivity contribution in [3.63, 3.8) is 0 Å². The van der Waals surface area contributed by atoms with Crippen molar-refractivity contribution in [2.24, 2.45) is 22.7 Å². The molecule has 34 heavy (non-hydrogen) atoms. The van der Waals surface area contributed by atoms with Crippen LogP contribution >= 0.6 is 11.3 Å². The number of hydrogen-bond donors (Lipinski definition) is 2. The SMILES string of the molecule is C[C@]12CC[C@H]3[C@@H](CCC4=C[C@@H](OCCN5CCCC5)CC[C@@]43C)[C@@]1(O)CC[C@]2(O)c1ccsc1. The van der Waals surface area contributed by atoms with Crippen LogP contribution in [0, 0.1) is 22.7 Å². The van der Waals surface area contributed by atoms with Gasteiger partial charge >= 0.3 is 0 Å². The molecule has 4 nitrogen and oxygen atoms in total. The third-order valence-corrected chi connectivity index (χ3v) is 12.0. The Hall–Kier alpha value is -0.720. The second-order valence-electron chi connectivity index (χ2n) is 12.5. The van der Waals surface area contributed by atoms with Crippen molar-refractivity contribution >= 4 is 11.3 Å². The van der Waals surface area contributed by atoms with E-state index in [-0.39, 0.29) is 17.4 Å². The summed E-state index contributed by atoms with van der Waals surface area (Å²) in [6.45, 7) is 9.05. The summed E-state index contributed by atoms with van der Waals surface area (Å²) >= 11 is 1.65. The van der Waals surface area contributed by atoms with E-state index in [4.69, 9.17) is 4.74 Å². The molecule has 1 aliphatic heterocycles. The Morgan fingerprint density at radius 3 is 2.62 bits per heavy atom. The number of hydrogen-bond acceptors (Lipinski definition) is 5. The Labute approximate surface area is 209 Å². The molecule has 5 heteroatoms. The van der Waals surface area contributed by atoms with Gasteiger partial charge in [-0.15, -0.1) is 0 Å². The van der Waals surface area contributed by atoms with Gasteiger partial charge in [0.2, 0.25) is 0 Å². The van der Waals surface area contributed by atoms with E-state index in [0.717, 1.165) is 57.2 Å². The monoisotopic (exact) mass is 485 g/mol. The second kappa shape index (κ2) is 8.41. The van der Waals surface area contributed by atoms with Crippen LogP contribution in [0.3, 0.4) is 0 Å². The lowest BCUT2D eigenvalue weighted by atomic mass is 9.44. The molecule has 1 saturated heterocycles. The van der Waals surface area contributed by atoms with E-state index in [1.54, 1.807) is 16.9 Å². The van der Waals surface area contributed by atoms with Gasteiger partial charge < -0.3 is 19.8 Å². The zero-order valence-corrected chi connectivity index (χ0v) is 21.9. The second-order valence-corrected chi connectivity index (χ2v) is 13.3. The smallest absolute Gasteiger partial charge is 0.0986 e. The van der Waals surface area contributed by atoms with E-state index >= 15 is 0 Å². The first kappa shape index (κ1) is 23.7. The molecule has 2 heterocycles. The van der Waals surface area contributed by atoms with E-state index in [9.17, 15) is 10.2 Å². The van der Waals surface area contributed by atoms with Gasteiger partial charge in [0.15, 0.2) is 0 Å². The lowest BCUT2D eigenvalue weighted by Crippen LogP contribution is -2.63. The highest BCUT2D eigenvalue weighted by Gasteiger charge is 2.71. The fourth-order valence-corrected chi connectivity index (χ4v) is 9.84. The number of thiophene rings is 1. The maximum Gasteiger partial charge on any atom is 0.0986 e. The van der Waals surface area contributed by atoms with Crippen LogP contribution in [0.15, 0.2) is 28.5 Å². The highest BCUT2D eigenvalue weighted by Crippen LogP contribution is 2.71. The average molecular weight is 486 g/mol. The van der Waals surface area contributed by atoms with Gasteiger partial charge in [0.05, 0.1) is 23.9 Å². The summed E-state index contributed by atoms with van der Waals surface area (Å²) in [6, 6.07) is 2.07. The standard InChI is InChI=1S/C29H43NO3S/c1-26-10-7-23(33-17-16-30-14-3-4-15-30)19-21(26)5-6-25-24(26)8-11-27(2)28(31,12-13-29(25,27)32)22-9-18-34-20-22/h9,18-20,23-25,31-32H,3-8,10-17H2,1-2H3/t23-,24-,25+,26-,27+,28-,29-/m0/s1. The van der Waals surface area contributed by atoms with Crippen molar-refractivity contribution in [1.82, 2.24) is 4.90 Å². The highest BCUT2D eigenvalue weighted by molar-refractivity contribution is 7.08. The van der Waals surface area contributed by atoms with E-state index in [1.165, 1.54) is 25.9 Å². The minimum atomic E-state index is -0.912. The van der Waals surface area contributed by atoms with Crippen LogP contribution in [0.2, 0.25) is 0 Å². The zero-order valence-electron chi connectivity index (χ0n) is 21.1. The van der Waals surface area contributed by atoms with Crippen molar-refractivity contribution in [2.75, 3.05) is 26.2 Å². The molecule has 1 aromatic rings. The summed E-state index contributed by atoms with van der Waals surface area (Å²) in [6.07, 6.45) is 13.2. The Balaban J connectivity index is 1.20. The normalized spacial score (nSPS) is 46.6. The van der Waals surface area contributed by atoms with Gasteiger partial charge in [-0.2, -0.15) is 11.3 Å². The number of nitrogens with zero attached hydrogens (tertiary/aromatic N) is 1. The molecule has 6 rings (SSSR count). The summed E-state index contributed by atoms with van der Waals surface area (Å²) in [4.78, 5) is 2.53. The molecule has 0 spiro atoms. The minimum absolute atomic E-state index is 0.165. The Bertz CT molecular complexity index is 926. The molecule has 4 aliphatic carbocycles. The molecule has 0 bridgehead atoms. The van der Waals surface area contributed by atoms with Crippen molar-refractivity contribution in [1.29, 1.82) is 0 Å². The van der Waals surface area contributed by atoms with Gasteiger partial charge in [-0.3, -0.25) is 0 Å². The van der Waals surface area contributed by atoms with Gasteiger partial charge in [0.25, 0.3) is 0 Å². The van der Waals surface area contributed by atoms with Crippen molar-refractivity contribution in [3.8, 4) is 0 Å². The lowest BCUT2D eigenvalue weighted by molar-refractivity contribution is -0.221. The molecule has 4 fully saturated rings. The van der Waals surface area contributed by atoms with E-state index in [2.05, 4.69) is 41.6 Å². The number of allylic oxidation sites excluding steroid dienone is 1. The van der Waals surface area contributed by atoms with E-state index in [1.807, 2.05) is 0 Å². The Morgan fingerprint density at radius 2 is 1.85 bits per heavy atom. The van der Waals surface area contributed by atoms with Crippen LogP contribution in [0.25, 0.3) is 0 Å². The maximum absolute atomic E-state index is 12.4. The van der Waals surface area contributed by atoms with Crippen LogP contribution in [0.4, 0.5) is 0 Å². The molecule has 7 atom stereocenters. The first-order chi connectivity index (χ1) is 16.3. The predicted molar refractivity (Wildman–Crippen MR) is 137 cm³/mol. The lowest BCUT2D eigenvalue weighted by Gasteiger charge is -2.62. The van der Waals surface area contributed by atoms with Crippen LogP contribution in [-0.2, 0) is 10.3 Å². The number of rotatable bonds is 5. The summed E-state index contributed by atoms with van der Waals surface area (Å²) in [5.74, 6) is 0.773. The molecular weight excluding hydrogens is 442 g/mol. The van der Waals surface area contributed by atoms with E-state index in [0.29, 0.717) is 18.8 Å². The summed E-state index contributed by atoms with van der Waals surface area (Å²) in [7, 11) is 0. The third-order valence-electron chi connectivity index (χ3n) is 11.3. The molecule has 0 aromatic carbocycles. The fourth-order valence-electron chi connectivity index (χ4n) is 9.12. The molecule has 5 aliphatic rings. The quantitative estimate of drug-likeness (QED) is 0.541. The summed E-state index contributed by atoms with van der Waals surface area (Å²) in [5.41, 5.74) is 0.593. The van der Waals surface area contributed by atoms with E-state index < -0.39 is 16.6 Å². The maximum atomic E-state index is 12.4. The van der Waals surface area contributed by atoms with Crippen LogP contribution in [-0.4, -0.2) is 53.1 Å². The number of ether oxygens (including phenoxy) is 1. The first-order valence-corrected chi connectivity index (χ1v) is 14.8. The molecule has 0 radical (unpaired) electrons. The van der Waals surface area contributed by atoms with Gasteiger partial charge in [0.1, 0.15) is 0 Å². The average Bonchev–Trinajstić information content (AvgIpc) is 3.57. The molecule has 188 valence electrons. The third kappa shape index (κ3) is 3.30. The Kier molecular flexibility index (Phi) is 5.85.